The summed E-state index contributed by atoms with van der Waals surface area (Å²) in [4.78, 5) is 24.4. The average Bonchev–Trinajstić information content (AvgIpc) is 3.06. The molecule has 0 bridgehead atoms. The fraction of sp³-hybridized carbons (Fsp3) is 0.273. The minimum Gasteiger partial charge on any atom is -0.451 e. The van der Waals surface area contributed by atoms with Crippen molar-refractivity contribution >= 4 is 28.5 Å². The summed E-state index contributed by atoms with van der Waals surface area (Å²) >= 11 is 0. The number of hydrogen-bond donors (Lipinski definition) is 2. The van der Waals surface area contributed by atoms with Crippen molar-refractivity contribution in [1.82, 2.24) is 5.32 Å². The molecular weight excluding hydrogens is 356 g/mol. The quantitative estimate of drug-likeness (QED) is 0.647. The van der Waals surface area contributed by atoms with E-state index >= 15 is 0 Å². The van der Waals surface area contributed by atoms with Crippen LogP contribution in [0.4, 0.5) is 5.69 Å². The van der Waals surface area contributed by atoms with E-state index in [0.717, 1.165) is 22.2 Å². The van der Waals surface area contributed by atoms with Gasteiger partial charge in [0.1, 0.15) is 5.58 Å². The van der Waals surface area contributed by atoms with Gasteiger partial charge >= 0.3 is 0 Å². The van der Waals surface area contributed by atoms with Crippen LogP contribution in [0.3, 0.4) is 0 Å². The molecule has 0 saturated carbocycles. The van der Waals surface area contributed by atoms with Crippen molar-refractivity contribution in [2.24, 2.45) is 5.92 Å². The van der Waals surface area contributed by atoms with E-state index in [1.807, 2.05) is 62.4 Å². The lowest BCUT2D eigenvalue weighted by Crippen LogP contribution is -2.23. The maximum absolute atomic E-state index is 12.7. The Labute approximate surface area is 163 Å². The number of carbonyl (C=O) groups is 2. The molecule has 0 fully saturated rings. The summed E-state index contributed by atoms with van der Waals surface area (Å²) in [5, 5.41) is 6.59. The highest BCUT2D eigenvalue weighted by molar-refractivity contribution is 5.99. The van der Waals surface area contributed by atoms with Gasteiger partial charge in [-0.3, -0.25) is 9.59 Å². The monoisotopic (exact) mass is 380 g/mol. The summed E-state index contributed by atoms with van der Waals surface area (Å²) in [5.74, 6) is -0.134. The van der Waals surface area contributed by atoms with E-state index in [0.29, 0.717) is 18.7 Å². The van der Waals surface area contributed by atoms with Gasteiger partial charge in [-0.05, 0) is 23.8 Å². The van der Waals surface area contributed by atoms with Gasteiger partial charge in [0.15, 0.2) is 5.76 Å². The zero-order valence-electron chi connectivity index (χ0n) is 16.2. The first-order valence-electron chi connectivity index (χ1n) is 9.17. The number of benzene rings is 2. The maximum atomic E-state index is 12.7. The predicted octanol–water partition coefficient (Wildman–Crippen LogP) is 4.10. The standard InChI is InChI=1S/C22H24N2O4/c1-14(2)21(25)24-16-10-8-15(9-11-16)12-23-22(26)20-18(13-27-3)17-6-4-5-7-19(17)28-20/h4-11,14H,12-13H2,1-3H3,(H,23,26)(H,24,25). The molecule has 0 spiro atoms. The number of furan rings is 1. The fourth-order valence-electron chi connectivity index (χ4n) is 2.82. The highest BCUT2D eigenvalue weighted by atomic mass is 16.5. The van der Waals surface area contributed by atoms with Crippen LogP contribution in [0.2, 0.25) is 0 Å². The Bertz CT molecular complexity index is 974. The zero-order chi connectivity index (χ0) is 20.1. The van der Waals surface area contributed by atoms with Crippen molar-refractivity contribution < 1.29 is 18.7 Å². The van der Waals surface area contributed by atoms with Crippen LogP contribution in [0, 0.1) is 5.92 Å². The van der Waals surface area contributed by atoms with Gasteiger partial charge in [-0.15, -0.1) is 0 Å². The smallest absolute Gasteiger partial charge is 0.287 e. The molecule has 0 saturated heterocycles. The van der Waals surface area contributed by atoms with Gasteiger partial charge in [-0.25, -0.2) is 0 Å². The van der Waals surface area contributed by atoms with Gasteiger partial charge in [0, 0.05) is 36.2 Å². The molecule has 0 unspecified atom stereocenters. The first-order valence-corrected chi connectivity index (χ1v) is 9.17. The second-order valence-electron chi connectivity index (χ2n) is 6.86. The van der Waals surface area contributed by atoms with E-state index in [2.05, 4.69) is 10.6 Å². The van der Waals surface area contributed by atoms with Crippen LogP contribution in [0.1, 0.15) is 35.5 Å². The summed E-state index contributed by atoms with van der Waals surface area (Å²) in [6.45, 7) is 4.33. The first kappa shape index (κ1) is 19.6. The molecule has 1 heterocycles. The molecule has 146 valence electrons. The predicted molar refractivity (Wildman–Crippen MR) is 108 cm³/mol. The van der Waals surface area contributed by atoms with E-state index in [1.165, 1.54) is 0 Å². The molecule has 1 aromatic heterocycles. The third-order valence-electron chi connectivity index (χ3n) is 4.39. The number of nitrogens with one attached hydrogen (secondary N) is 2. The van der Waals surface area contributed by atoms with Gasteiger partial charge in [-0.2, -0.15) is 0 Å². The Hall–Kier alpha value is -3.12. The summed E-state index contributed by atoms with van der Waals surface area (Å²) < 4.78 is 11.0. The van der Waals surface area contributed by atoms with Crippen molar-refractivity contribution in [2.75, 3.05) is 12.4 Å². The summed E-state index contributed by atoms with van der Waals surface area (Å²) in [6.07, 6.45) is 0. The van der Waals surface area contributed by atoms with Crippen molar-refractivity contribution in [1.29, 1.82) is 0 Å². The third kappa shape index (κ3) is 4.40. The summed E-state index contributed by atoms with van der Waals surface area (Å²) in [6, 6.07) is 14.9. The fourth-order valence-corrected chi connectivity index (χ4v) is 2.82. The normalized spacial score (nSPS) is 11.0. The van der Waals surface area contributed by atoms with E-state index in [-0.39, 0.29) is 23.5 Å². The van der Waals surface area contributed by atoms with E-state index in [1.54, 1.807) is 7.11 Å². The summed E-state index contributed by atoms with van der Waals surface area (Å²) in [5.41, 5.74) is 3.04. The molecular formula is C22H24N2O4. The van der Waals surface area contributed by atoms with Crippen LogP contribution in [0.5, 0.6) is 0 Å². The molecule has 3 aromatic rings. The van der Waals surface area contributed by atoms with Gasteiger partial charge in [-0.1, -0.05) is 44.2 Å². The molecule has 6 nitrogen and oxygen atoms in total. The second kappa shape index (κ2) is 8.71. The number of anilines is 1. The Kier molecular flexibility index (Phi) is 6.11. The van der Waals surface area contributed by atoms with Crippen molar-refractivity contribution in [3.05, 3.63) is 65.4 Å². The Morgan fingerprint density at radius 3 is 2.46 bits per heavy atom. The van der Waals surface area contributed by atoms with Crippen LogP contribution < -0.4 is 10.6 Å². The molecule has 0 aliphatic rings. The molecule has 0 radical (unpaired) electrons. The minimum atomic E-state index is -0.291. The number of rotatable bonds is 7. The lowest BCUT2D eigenvalue weighted by Gasteiger charge is -2.09. The number of methoxy groups -OCH3 is 1. The molecule has 2 amide bonds. The topological polar surface area (TPSA) is 80.6 Å². The molecule has 0 aliphatic heterocycles. The summed E-state index contributed by atoms with van der Waals surface area (Å²) in [7, 11) is 1.59. The number of hydrogen-bond acceptors (Lipinski definition) is 4. The lowest BCUT2D eigenvalue weighted by molar-refractivity contribution is -0.118. The molecule has 28 heavy (non-hydrogen) atoms. The molecule has 2 aromatic carbocycles. The SMILES string of the molecule is COCc1c(C(=O)NCc2ccc(NC(=O)C(C)C)cc2)oc2ccccc12. The maximum Gasteiger partial charge on any atom is 0.287 e. The van der Waals surface area contributed by atoms with Crippen LogP contribution >= 0.6 is 0 Å². The average molecular weight is 380 g/mol. The minimum absolute atomic E-state index is 0.0309. The first-order chi connectivity index (χ1) is 13.5. The number of ether oxygens (including phenoxy) is 1. The van der Waals surface area contributed by atoms with E-state index in [9.17, 15) is 9.59 Å². The van der Waals surface area contributed by atoms with Crippen molar-refractivity contribution in [3.8, 4) is 0 Å². The largest absolute Gasteiger partial charge is 0.451 e. The Morgan fingerprint density at radius 1 is 1.07 bits per heavy atom. The third-order valence-corrected chi connectivity index (χ3v) is 4.39. The lowest BCUT2D eigenvalue weighted by atomic mass is 10.1. The van der Waals surface area contributed by atoms with Gasteiger partial charge in [0.25, 0.3) is 5.91 Å². The zero-order valence-corrected chi connectivity index (χ0v) is 16.2. The van der Waals surface area contributed by atoms with Crippen LogP contribution in [0.15, 0.2) is 52.9 Å². The van der Waals surface area contributed by atoms with Crippen LogP contribution in [-0.2, 0) is 22.7 Å². The molecule has 0 aliphatic carbocycles. The van der Waals surface area contributed by atoms with Crippen LogP contribution in [0.25, 0.3) is 11.0 Å². The highest BCUT2D eigenvalue weighted by Gasteiger charge is 2.20. The second-order valence-corrected chi connectivity index (χ2v) is 6.86. The number of para-hydroxylation sites is 1. The molecule has 2 N–H and O–H groups in total. The number of fused-ring (bicyclic) bond motifs is 1. The number of carbonyl (C=O) groups excluding carboxylic acids is 2. The van der Waals surface area contributed by atoms with Gasteiger partial charge < -0.3 is 19.8 Å². The molecule has 3 rings (SSSR count). The molecule has 6 heteroatoms. The Balaban J connectivity index is 1.68. The molecule has 0 atom stereocenters. The van der Waals surface area contributed by atoms with E-state index < -0.39 is 0 Å². The van der Waals surface area contributed by atoms with Crippen molar-refractivity contribution in [2.45, 2.75) is 27.0 Å². The van der Waals surface area contributed by atoms with E-state index in [4.69, 9.17) is 9.15 Å². The van der Waals surface area contributed by atoms with Gasteiger partial charge in [0.05, 0.1) is 6.61 Å². The van der Waals surface area contributed by atoms with Gasteiger partial charge in [0.2, 0.25) is 5.91 Å². The Morgan fingerprint density at radius 2 is 1.79 bits per heavy atom. The van der Waals surface area contributed by atoms with Crippen LogP contribution in [-0.4, -0.2) is 18.9 Å². The highest BCUT2D eigenvalue weighted by Crippen LogP contribution is 2.26. The van der Waals surface area contributed by atoms with Crippen molar-refractivity contribution in [3.63, 3.8) is 0 Å². The number of amides is 2.